The summed E-state index contributed by atoms with van der Waals surface area (Å²) in [7, 11) is -19.8. The van der Waals surface area contributed by atoms with Crippen molar-refractivity contribution in [1.29, 1.82) is 0 Å². The summed E-state index contributed by atoms with van der Waals surface area (Å²) in [5, 5.41) is 35.1. The summed E-state index contributed by atoms with van der Waals surface area (Å²) in [4.78, 5) is 63.3. The van der Waals surface area contributed by atoms with E-state index in [-0.39, 0.29) is 66.5 Å². The number of urea groups is 1. The highest BCUT2D eigenvalue weighted by atomic mass is 32.2. The molecule has 78 heavy (non-hydrogen) atoms. The van der Waals surface area contributed by atoms with Crippen molar-refractivity contribution >= 4 is 126 Å². The van der Waals surface area contributed by atoms with Crippen LogP contribution in [0.1, 0.15) is 41.4 Å². The molecule has 8 aromatic rings. The average molecular weight is 1140 g/mol. The Morgan fingerprint density at radius 2 is 0.628 bits per heavy atom. The molecule has 0 heterocycles. The van der Waals surface area contributed by atoms with Gasteiger partial charge >= 0.3 is 6.03 Å². The molecular formula is C49H36N6O19S4. The van der Waals surface area contributed by atoms with Crippen LogP contribution in [-0.2, 0) is 40.5 Å². The molecule has 0 bridgehead atoms. The Hall–Kier alpha value is -9.33. The number of aromatic hydroxyl groups is 2. The number of fused-ring (bicyclic) bond motifs is 2. The monoisotopic (exact) mass is 1140 g/mol. The molecule has 400 valence electrons. The normalized spacial score (nSPS) is 11.8. The van der Waals surface area contributed by atoms with Gasteiger partial charge in [-0.15, -0.1) is 0 Å². The zero-order chi connectivity index (χ0) is 56.6. The van der Waals surface area contributed by atoms with Crippen molar-refractivity contribution in [2.75, 3.05) is 31.9 Å². The van der Waals surface area contributed by atoms with Crippen LogP contribution in [-0.4, -0.2) is 91.8 Å². The minimum Gasteiger partial charge on any atom is -0.507 e. The highest BCUT2D eigenvalue weighted by molar-refractivity contribution is 7.86. The van der Waals surface area contributed by atoms with Gasteiger partial charge in [0, 0.05) is 67.9 Å². The maximum atomic E-state index is 13.4. The van der Waals surface area contributed by atoms with Gasteiger partial charge in [0.05, 0.1) is 21.2 Å². The highest BCUT2D eigenvalue weighted by Crippen LogP contribution is 2.37. The number of carbonyl (C=O) groups is 5. The Labute approximate surface area is 440 Å². The van der Waals surface area contributed by atoms with Gasteiger partial charge in [-0.3, -0.25) is 37.4 Å². The van der Waals surface area contributed by atoms with Crippen LogP contribution in [0.15, 0.2) is 165 Å². The number of benzene rings is 8. The fourth-order valence-electron chi connectivity index (χ4n) is 7.65. The number of hydrogen-bond acceptors (Lipinski definition) is 15. The van der Waals surface area contributed by atoms with Crippen LogP contribution in [0.4, 0.5) is 38.9 Å². The third kappa shape index (κ3) is 12.7. The van der Waals surface area contributed by atoms with Gasteiger partial charge in [0.25, 0.3) is 64.1 Å². The van der Waals surface area contributed by atoms with Crippen molar-refractivity contribution < 1.29 is 86.1 Å². The Bertz CT molecular complexity index is 4090. The summed E-state index contributed by atoms with van der Waals surface area (Å²) in [5.74, 6) is -4.73. The molecule has 0 aliphatic rings. The smallest absolute Gasteiger partial charge is 0.323 e. The topological polar surface area (TPSA) is 415 Å². The van der Waals surface area contributed by atoms with Crippen molar-refractivity contribution in [3.05, 3.63) is 168 Å². The minimum absolute atomic E-state index is 0.0322. The Morgan fingerprint density at radius 3 is 0.923 bits per heavy atom. The van der Waals surface area contributed by atoms with Crippen molar-refractivity contribution in [2.45, 2.75) is 19.6 Å². The maximum absolute atomic E-state index is 13.4. The first-order valence-electron chi connectivity index (χ1n) is 21.8. The highest BCUT2D eigenvalue weighted by Gasteiger charge is 2.25. The number of rotatable bonds is 14. The molecule has 25 nitrogen and oxygen atoms in total. The fourth-order valence-corrected chi connectivity index (χ4v) is 10.1. The van der Waals surface area contributed by atoms with Gasteiger partial charge < -0.3 is 42.1 Å². The van der Waals surface area contributed by atoms with E-state index >= 15 is 0 Å². The van der Waals surface area contributed by atoms with Gasteiger partial charge in [0.2, 0.25) is 0 Å². The van der Waals surface area contributed by atoms with Crippen LogP contribution in [0.5, 0.6) is 11.5 Å². The molecular weight excluding hydrogens is 1100 g/mol. The summed E-state index contributed by atoms with van der Waals surface area (Å²) in [6.45, 7) is 0. The van der Waals surface area contributed by atoms with E-state index in [0.29, 0.717) is 12.1 Å². The number of phenols is 2. The van der Waals surface area contributed by atoms with Gasteiger partial charge in [0.1, 0.15) is 21.3 Å². The number of carbonyl (C=O) groups excluding carboxylic acids is 5. The summed E-state index contributed by atoms with van der Waals surface area (Å²) >= 11 is 0. The molecule has 0 spiro atoms. The van der Waals surface area contributed by atoms with Crippen molar-refractivity contribution in [3.63, 3.8) is 0 Å². The summed E-state index contributed by atoms with van der Waals surface area (Å²) in [6, 6.07) is 27.7. The molecule has 29 heteroatoms. The SMILES string of the molecule is O=C(Nc1cccc(C(=O)Nc2cccc(C(=O)Nc3cc4c(O)cc(S(=O)(=O)O)cc4cc3S(=O)(=O)O)c2)c1)Nc1cccc(C(=O)Nc2cccc(C(=O)Nc3cc4c(O)cc(S(=O)(=O)O)cc4cc3S(=O)(=O)O)c2)c1. The standard InChI is InChI=1S/C49H36N6O19S4/c56-41-21-35(75(63,64)65)17-29-19-43(77(69,70)71)39(23-37(29)41)54-47(60)27-7-1-9-31(13-27)50-45(58)25-5-3-11-33(15-25)52-49(62)53-34-12-4-6-26(16-34)46(59)51-32-10-2-8-28(14-32)48(61)55-40-24-38-30(20-44(40)78(72,73)74)18-36(22-42(38)57)76(66,67)68/h1-24,56-57H,(H,50,58)(H,51,59)(H,54,60)(H,55,61)(H2,52,53,62)(H,63,64,65)(H,66,67,68)(H,69,70,71)(H,72,73,74). The van der Waals surface area contributed by atoms with Crippen LogP contribution in [0, 0.1) is 0 Å². The molecule has 0 aromatic heterocycles. The maximum Gasteiger partial charge on any atom is 0.323 e. The van der Waals surface area contributed by atoms with Crippen LogP contribution >= 0.6 is 0 Å². The molecule has 0 atom stereocenters. The predicted molar refractivity (Wildman–Crippen MR) is 281 cm³/mol. The zero-order valence-electron chi connectivity index (χ0n) is 39.0. The summed E-state index contributed by atoms with van der Waals surface area (Å²) in [6.07, 6.45) is 0. The molecule has 0 saturated heterocycles. The number of phenolic OH excluding ortho intramolecular Hbond substituents is 2. The lowest BCUT2D eigenvalue weighted by Gasteiger charge is -2.13. The van der Waals surface area contributed by atoms with E-state index < -0.39 is 113 Å². The van der Waals surface area contributed by atoms with Crippen LogP contribution < -0.4 is 31.9 Å². The molecule has 0 aliphatic heterocycles. The first kappa shape index (κ1) is 54.9. The van der Waals surface area contributed by atoms with E-state index in [0.717, 1.165) is 36.4 Å². The van der Waals surface area contributed by atoms with Crippen molar-refractivity contribution in [2.24, 2.45) is 0 Å². The molecule has 0 radical (unpaired) electrons. The second-order valence-electron chi connectivity index (χ2n) is 16.6. The van der Waals surface area contributed by atoms with E-state index in [1.54, 1.807) is 0 Å². The lowest BCUT2D eigenvalue weighted by Crippen LogP contribution is -2.20. The molecule has 0 aliphatic carbocycles. The third-order valence-corrected chi connectivity index (χ3v) is 14.6. The quantitative estimate of drug-likeness (QED) is 0.0485. The van der Waals surface area contributed by atoms with Crippen molar-refractivity contribution in [1.82, 2.24) is 0 Å². The van der Waals surface area contributed by atoms with Crippen LogP contribution in [0.3, 0.4) is 0 Å². The molecule has 0 saturated carbocycles. The van der Waals surface area contributed by atoms with Gasteiger partial charge in [-0.05, 0) is 120 Å². The zero-order valence-corrected chi connectivity index (χ0v) is 42.2. The summed E-state index contributed by atoms with van der Waals surface area (Å²) in [5.41, 5.74) is -0.791. The van der Waals surface area contributed by atoms with Crippen LogP contribution in [0.25, 0.3) is 21.5 Å². The van der Waals surface area contributed by atoms with Gasteiger partial charge in [-0.25, -0.2) is 4.79 Å². The molecule has 0 unspecified atom stereocenters. The Balaban J connectivity index is 0.894. The number of anilines is 6. The van der Waals surface area contributed by atoms with E-state index in [1.165, 1.54) is 97.1 Å². The number of amides is 6. The molecule has 6 amide bonds. The molecule has 0 fully saturated rings. The second-order valence-corrected chi connectivity index (χ2v) is 22.3. The first-order chi connectivity index (χ1) is 36.5. The van der Waals surface area contributed by atoms with Gasteiger partial charge in [-0.1, -0.05) is 24.3 Å². The van der Waals surface area contributed by atoms with E-state index in [4.69, 9.17) is 0 Å². The van der Waals surface area contributed by atoms with Gasteiger partial charge in [0.15, 0.2) is 0 Å². The second kappa shape index (κ2) is 21.0. The van der Waals surface area contributed by atoms with Crippen LogP contribution in [0.2, 0.25) is 0 Å². The Morgan fingerprint density at radius 1 is 0.333 bits per heavy atom. The average Bonchev–Trinajstić information content (AvgIpc) is 3.54. The molecule has 8 rings (SSSR count). The summed E-state index contributed by atoms with van der Waals surface area (Å²) < 4.78 is 135. The minimum atomic E-state index is -5.08. The lowest BCUT2D eigenvalue weighted by atomic mass is 10.1. The number of hydrogen-bond donors (Lipinski definition) is 12. The predicted octanol–water partition coefficient (Wildman–Crippen LogP) is 7.04. The van der Waals surface area contributed by atoms with E-state index in [2.05, 4.69) is 31.9 Å². The van der Waals surface area contributed by atoms with E-state index in [1.807, 2.05) is 0 Å². The van der Waals surface area contributed by atoms with E-state index in [9.17, 15) is 86.1 Å². The van der Waals surface area contributed by atoms with Gasteiger partial charge in [-0.2, -0.15) is 33.7 Å². The largest absolute Gasteiger partial charge is 0.507 e. The Kier molecular flexibility index (Phi) is 14.8. The third-order valence-electron chi connectivity index (χ3n) is 11.2. The fraction of sp³-hybridized carbons (Fsp3) is 0. The molecule has 8 aromatic carbocycles. The number of nitrogens with one attached hydrogen (secondary N) is 6. The molecule has 12 N–H and O–H groups in total. The van der Waals surface area contributed by atoms with Crippen molar-refractivity contribution in [3.8, 4) is 11.5 Å². The lowest BCUT2D eigenvalue weighted by molar-refractivity contribution is 0.101. The first-order valence-corrected chi connectivity index (χ1v) is 27.5.